The number of hydrogen-bond acceptors (Lipinski definition) is 4. The van der Waals surface area contributed by atoms with Crippen molar-refractivity contribution in [1.82, 2.24) is 4.90 Å². The van der Waals surface area contributed by atoms with Crippen molar-refractivity contribution in [3.05, 3.63) is 58.1 Å². The largest absolute Gasteiger partial charge is 0.322 e. The molecule has 0 atom stereocenters. The van der Waals surface area contributed by atoms with Gasteiger partial charge in [-0.05, 0) is 24.7 Å². The van der Waals surface area contributed by atoms with Gasteiger partial charge in [-0.3, -0.25) is 9.69 Å². The maximum absolute atomic E-state index is 12.2. The molecular formula is C16H17Cl2N3O3S. The average molecular weight is 402 g/mol. The number of nitrogens with zero attached hydrogens (tertiary/aromatic N) is 1. The predicted octanol–water partition coefficient (Wildman–Crippen LogP) is 2.71. The molecule has 0 bridgehead atoms. The van der Waals surface area contributed by atoms with Gasteiger partial charge in [-0.15, -0.1) is 0 Å². The molecule has 25 heavy (non-hydrogen) atoms. The molecule has 0 radical (unpaired) electrons. The molecule has 9 heteroatoms. The van der Waals surface area contributed by atoms with Crippen LogP contribution in [0.2, 0.25) is 10.0 Å². The van der Waals surface area contributed by atoms with Gasteiger partial charge in [-0.2, -0.15) is 0 Å². The van der Waals surface area contributed by atoms with Crippen molar-refractivity contribution in [1.29, 1.82) is 0 Å². The number of anilines is 1. The molecule has 3 N–H and O–H groups in total. The molecule has 0 aliphatic rings. The summed E-state index contributed by atoms with van der Waals surface area (Å²) in [4.78, 5) is 13.8. The summed E-state index contributed by atoms with van der Waals surface area (Å²) in [7, 11) is -2.13. The average Bonchev–Trinajstić information content (AvgIpc) is 2.50. The molecule has 0 fully saturated rings. The Kier molecular flexibility index (Phi) is 6.42. The van der Waals surface area contributed by atoms with Crippen LogP contribution in [0.3, 0.4) is 0 Å². The predicted molar refractivity (Wildman–Crippen MR) is 99.2 cm³/mol. The van der Waals surface area contributed by atoms with Gasteiger partial charge in [0.25, 0.3) is 0 Å². The van der Waals surface area contributed by atoms with Crippen LogP contribution >= 0.6 is 23.2 Å². The first-order valence-corrected chi connectivity index (χ1v) is 9.51. The van der Waals surface area contributed by atoms with E-state index >= 15 is 0 Å². The second-order valence-electron chi connectivity index (χ2n) is 5.51. The minimum absolute atomic E-state index is 0.00409. The van der Waals surface area contributed by atoms with Gasteiger partial charge in [0.15, 0.2) is 0 Å². The van der Waals surface area contributed by atoms with Crippen LogP contribution in [0, 0.1) is 0 Å². The second kappa shape index (κ2) is 8.16. The number of carbonyl (C=O) groups is 1. The standard InChI is InChI=1S/C16H17Cl2N3O3S/c1-21(9-11-5-3-2-4-6-11)10-15(22)20-16-13(17)7-12(8-14(16)18)25(19,23)24/h2-8H,9-10H2,1H3,(H,20,22)(H2,19,23,24). The molecule has 0 aromatic heterocycles. The van der Waals surface area contributed by atoms with Crippen LogP contribution in [0.1, 0.15) is 5.56 Å². The molecule has 2 aromatic carbocycles. The molecule has 0 unspecified atom stereocenters. The van der Waals surface area contributed by atoms with Crippen molar-refractivity contribution in [2.24, 2.45) is 5.14 Å². The van der Waals surface area contributed by atoms with E-state index < -0.39 is 10.0 Å². The smallest absolute Gasteiger partial charge is 0.238 e. The summed E-state index contributed by atoms with van der Waals surface area (Å²) in [5.74, 6) is -0.328. The van der Waals surface area contributed by atoms with Crippen LogP contribution in [-0.4, -0.2) is 32.8 Å². The molecule has 134 valence electrons. The fourth-order valence-electron chi connectivity index (χ4n) is 2.21. The van der Waals surface area contributed by atoms with Gasteiger partial charge in [-0.1, -0.05) is 53.5 Å². The Morgan fingerprint density at radius 2 is 1.72 bits per heavy atom. The fraction of sp³-hybridized carbons (Fsp3) is 0.188. The Labute approximate surface area is 156 Å². The molecule has 0 saturated carbocycles. The lowest BCUT2D eigenvalue weighted by atomic mass is 10.2. The highest BCUT2D eigenvalue weighted by molar-refractivity contribution is 7.89. The monoisotopic (exact) mass is 401 g/mol. The van der Waals surface area contributed by atoms with Gasteiger partial charge < -0.3 is 5.32 Å². The van der Waals surface area contributed by atoms with Gasteiger partial charge >= 0.3 is 0 Å². The van der Waals surface area contributed by atoms with Crippen molar-refractivity contribution < 1.29 is 13.2 Å². The summed E-state index contributed by atoms with van der Waals surface area (Å²) >= 11 is 12.0. The van der Waals surface area contributed by atoms with Crippen LogP contribution in [0.4, 0.5) is 5.69 Å². The third-order valence-corrected chi connectivity index (χ3v) is 4.81. The summed E-state index contributed by atoms with van der Waals surface area (Å²) in [5, 5.41) is 7.63. The molecule has 0 aliphatic carbocycles. The number of sulfonamides is 1. The van der Waals surface area contributed by atoms with E-state index in [1.54, 1.807) is 7.05 Å². The van der Waals surface area contributed by atoms with Gasteiger partial charge in [0.1, 0.15) is 0 Å². The summed E-state index contributed by atoms with van der Waals surface area (Å²) in [5.41, 5.74) is 1.22. The molecule has 0 spiro atoms. The molecular weight excluding hydrogens is 385 g/mol. The number of likely N-dealkylation sites (N-methyl/N-ethyl adjacent to an activating group) is 1. The van der Waals surface area contributed by atoms with Crippen LogP contribution in [0.5, 0.6) is 0 Å². The summed E-state index contributed by atoms with van der Waals surface area (Å²) < 4.78 is 22.7. The maximum atomic E-state index is 12.2. The van der Waals surface area contributed by atoms with Crippen molar-refractivity contribution in [2.45, 2.75) is 11.4 Å². The highest BCUT2D eigenvalue weighted by atomic mass is 35.5. The van der Waals surface area contributed by atoms with E-state index in [0.717, 1.165) is 17.7 Å². The quantitative estimate of drug-likeness (QED) is 0.777. The highest BCUT2D eigenvalue weighted by Crippen LogP contribution is 2.33. The van der Waals surface area contributed by atoms with Gasteiger partial charge in [-0.25, -0.2) is 13.6 Å². The Morgan fingerprint density at radius 3 is 2.24 bits per heavy atom. The van der Waals surface area contributed by atoms with E-state index in [2.05, 4.69) is 5.32 Å². The number of rotatable bonds is 6. The first-order chi connectivity index (χ1) is 11.7. The zero-order valence-electron chi connectivity index (χ0n) is 13.4. The minimum Gasteiger partial charge on any atom is -0.322 e. The molecule has 0 heterocycles. The number of nitrogens with two attached hydrogens (primary N) is 1. The van der Waals surface area contributed by atoms with Gasteiger partial charge in [0.2, 0.25) is 15.9 Å². The van der Waals surface area contributed by atoms with Crippen LogP contribution in [0.25, 0.3) is 0 Å². The van der Waals surface area contributed by atoms with Crippen LogP contribution in [-0.2, 0) is 21.4 Å². The zero-order chi connectivity index (χ0) is 18.6. The number of halogens is 2. The number of primary sulfonamides is 1. The summed E-state index contributed by atoms with van der Waals surface area (Å²) in [6.07, 6.45) is 0. The summed E-state index contributed by atoms with van der Waals surface area (Å²) in [6, 6.07) is 12.0. The number of amides is 1. The first kappa shape index (κ1) is 19.7. The molecule has 2 aromatic rings. The summed E-state index contributed by atoms with van der Waals surface area (Å²) in [6.45, 7) is 0.707. The second-order valence-corrected chi connectivity index (χ2v) is 7.89. The van der Waals surface area contributed by atoms with E-state index in [-0.39, 0.29) is 33.1 Å². The topological polar surface area (TPSA) is 92.5 Å². The Balaban J connectivity index is 2.05. The third kappa shape index (κ3) is 5.69. The SMILES string of the molecule is CN(CC(=O)Nc1c(Cl)cc(S(N)(=O)=O)cc1Cl)Cc1ccccc1. The highest BCUT2D eigenvalue weighted by Gasteiger charge is 2.17. The van der Waals surface area contributed by atoms with Crippen molar-refractivity contribution in [3.8, 4) is 0 Å². The first-order valence-electron chi connectivity index (χ1n) is 7.21. The molecule has 6 nitrogen and oxygen atoms in total. The molecule has 1 amide bonds. The Bertz CT molecular complexity index is 850. The van der Waals surface area contributed by atoms with Crippen molar-refractivity contribution >= 4 is 44.8 Å². The minimum atomic E-state index is -3.94. The van der Waals surface area contributed by atoms with E-state index in [4.69, 9.17) is 28.3 Å². The van der Waals surface area contributed by atoms with Crippen LogP contribution < -0.4 is 10.5 Å². The number of carbonyl (C=O) groups excluding carboxylic acids is 1. The van der Waals surface area contributed by atoms with Crippen LogP contribution in [0.15, 0.2) is 47.4 Å². The van der Waals surface area contributed by atoms with Crippen molar-refractivity contribution in [2.75, 3.05) is 18.9 Å². The molecule has 2 rings (SSSR count). The number of nitrogens with one attached hydrogen (secondary N) is 1. The lowest BCUT2D eigenvalue weighted by Gasteiger charge is -2.17. The zero-order valence-corrected chi connectivity index (χ0v) is 15.7. The molecule has 0 saturated heterocycles. The van der Waals surface area contributed by atoms with E-state index in [0.29, 0.717) is 6.54 Å². The number of hydrogen-bond donors (Lipinski definition) is 2. The normalized spacial score (nSPS) is 11.6. The van der Waals surface area contributed by atoms with E-state index in [1.807, 2.05) is 35.2 Å². The van der Waals surface area contributed by atoms with Gasteiger partial charge in [0, 0.05) is 6.54 Å². The fourth-order valence-corrected chi connectivity index (χ4v) is 3.48. The van der Waals surface area contributed by atoms with E-state index in [1.165, 1.54) is 0 Å². The Morgan fingerprint density at radius 1 is 1.16 bits per heavy atom. The lowest BCUT2D eigenvalue weighted by Crippen LogP contribution is -2.30. The lowest BCUT2D eigenvalue weighted by molar-refractivity contribution is -0.117. The number of benzene rings is 2. The Hall–Kier alpha value is -1.64. The third-order valence-electron chi connectivity index (χ3n) is 3.32. The van der Waals surface area contributed by atoms with E-state index in [9.17, 15) is 13.2 Å². The maximum Gasteiger partial charge on any atom is 0.238 e. The van der Waals surface area contributed by atoms with Crippen molar-refractivity contribution in [3.63, 3.8) is 0 Å². The molecule has 0 aliphatic heterocycles. The van der Waals surface area contributed by atoms with Gasteiger partial charge in [0.05, 0.1) is 27.2 Å².